The molecule has 1 aliphatic heterocycles. The van der Waals surface area contributed by atoms with Gasteiger partial charge in [-0.2, -0.15) is 0 Å². The summed E-state index contributed by atoms with van der Waals surface area (Å²) in [7, 11) is 0. The second-order valence-corrected chi connectivity index (χ2v) is 7.60. The molecule has 0 aliphatic carbocycles. The minimum atomic E-state index is -0.810. The van der Waals surface area contributed by atoms with Crippen molar-refractivity contribution in [3.8, 4) is 11.5 Å². The van der Waals surface area contributed by atoms with Gasteiger partial charge >= 0.3 is 6.03 Å². The average Bonchev–Trinajstić information content (AvgIpc) is 2.85. The van der Waals surface area contributed by atoms with Crippen LogP contribution in [-0.2, 0) is 9.59 Å². The molecule has 172 valence electrons. The van der Waals surface area contributed by atoms with Crippen molar-refractivity contribution in [3.63, 3.8) is 0 Å². The van der Waals surface area contributed by atoms with Crippen LogP contribution in [0.1, 0.15) is 18.9 Å². The minimum absolute atomic E-state index is 0.175. The number of benzene rings is 3. The molecule has 3 aromatic rings. The monoisotopic (exact) mass is 456 g/mol. The molecule has 0 bridgehead atoms. The molecule has 7 heteroatoms. The molecule has 1 fully saturated rings. The number of hydrogen-bond acceptors (Lipinski definition) is 5. The smallest absolute Gasteiger partial charge is 0.335 e. The molecule has 34 heavy (non-hydrogen) atoms. The van der Waals surface area contributed by atoms with E-state index in [9.17, 15) is 14.4 Å². The molecule has 3 aromatic carbocycles. The zero-order valence-corrected chi connectivity index (χ0v) is 18.7. The standard InChI is InChI=1S/C27H24N2O5/c1-3-15-33-20-12-10-19(11-13-20)29-26(31)23(25(30)28-27(29)32)17-22-21-8-6-5-7-18(21)9-14-24(22)34-16-4-2/h4-14,17H,2-3,15-16H2,1H3,(H,28,30,32)/b23-17-. The lowest BCUT2D eigenvalue weighted by atomic mass is 9.99. The average molecular weight is 456 g/mol. The lowest BCUT2D eigenvalue weighted by Gasteiger charge is -2.26. The van der Waals surface area contributed by atoms with Gasteiger partial charge in [-0.3, -0.25) is 14.9 Å². The number of anilines is 1. The van der Waals surface area contributed by atoms with E-state index in [2.05, 4.69) is 11.9 Å². The van der Waals surface area contributed by atoms with Gasteiger partial charge in [0.15, 0.2) is 0 Å². The Kier molecular flexibility index (Phi) is 6.73. The maximum atomic E-state index is 13.4. The molecular weight excluding hydrogens is 432 g/mol. The van der Waals surface area contributed by atoms with E-state index in [1.807, 2.05) is 37.3 Å². The molecular formula is C27H24N2O5. The van der Waals surface area contributed by atoms with Crippen LogP contribution in [0.15, 0.2) is 78.9 Å². The SMILES string of the molecule is C=CCOc1ccc2ccccc2c1/C=C1/C(=O)NC(=O)N(c2ccc(OCCC)cc2)C1=O. The largest absolute Gasteiger partial charge is 0.494 e. The molecule has 0 radical (unpaired) electrons. The van der Waals surface area contributed by atoms with Gasteiger partial charge in [0.2, 0.25) is 0 Å². The van der Waals surface area contributed by atoms with Crippen LogP contribution in [0.4, 0.5) is 10.5 Å². The van der Waals surface area contributed by atoms with Crippen molar-refractivity contribution in [3.05, 3.63) is 84.5 Å². The van der Waals surface area contributed by atoms with Crippen LogP contribution in [0.2, 0.25) is 0 Å². The Morgan fingerprint density at radius 1 is 0.971 bits per heavy atom. The van der Waals surface area contributed by atoms with E-state index in [0.29, 0.717) is 29.4 Å². The third-order valence-electron chi connectivity index (χ3n) is 5.25. The number of carbonyl (C=O) groups excluding carboxylic acids is 3. The molecule has 0 spiro atoms. The first-order valence-corrected chi connectivity index (χ1v) is 10.9. The number of amides is 4. The first-order valence-electron chi connectivity index (χ1n) is 10.9. The van der Waals surface area contributed by atoms with Crippen molar-refractivity contribution in [2.24, 2.45) is 0 Å². The van der Waals surface area contributed by atoms with Gasteiger partial charge < -0.3 is 9.47 Å². The van der Waals surface area contributed by atoms with Crippen molar-refractivity contribution >= 4 is 40.4 Å². The summed E-state index contributed by atoms with van der Waals surface area (Å²) in [4.78, 5) is 39.6. The Labute approximate surface area is 197 Å². The van der Waals surface area contributed by atoms with Crippen LogP contribution < -0.4 is 19.7 Å². The quantitative estimate of drug-likeness (QED) is 0.297. The fourth-order valence-corrected chi connectivity index (χ4v) is 3.65. The molecule has 0 saturated carbocycles. The van der Waals surface area contributed by atoms with Gasteiger partial charge in [0.25, 0.3) is 11.8 Å². The van der Waals surface area contributed by atoms with E-state index in [4.69, 9.17) is 9.47 Å². The highest BCUT2D eigenvalue weighted by Crippen LogP contribution is 2.32. The molecule has 0 atom stereocenters. The number of carbonyl (C=O) groups is 3. The first-order chi connectivity index (χ1) is 16.5. The lowest BCUT2D eigenvalue weighted by molar-refractivity contribution is -0.122. The van der Waals surface area contributed by atoms with Gasteiger partial charge in [-0.05, 0) is 53.6 Å². The van der Waals surface area contributed by atoms with E-state index in [0.717, 1.165) is 22.1 Å². The second kappa shape index (κ2) is 10.0. The maximum Gasteiger partial charge on any atom is 0.335 e. The predicted molar refractivity (Wildman–Crippen MR) is 131 cm³/mol. The summed E-state index contributed by atoms with van der Waals surface area (Å²) in [6.07, 6.45) is 3.94. The summed E-state index contributed by atoms with van der Waals surface area (Å²) in [5.74, 6) is -0.370. The summed E-state index contributed by atoms with van der Waals surface area (Å²) in [5.41, 5.74) is 0.715. The third kappa shape index (κ3) is 4.54. The number of ether oxygens (including phenoxy) is 2. The van der Waals surface area contributed by atoms with Crippen molar-refractivity contribution in [1.29, 1.82) is 0 Å². The number of rotatable bonds is 8. The van der Waals surface area contributed by atoms with E-state index in [1.54, 1.807) is 36.4 Å². The lowest BCUT2D eigenvalue weighted by Crippen LogP contribution is -2.54. The van der Waals surface area contributed by atoms with Crippen LogP contribution in [0.25, 0.3) is 16.8 Å². The van der Waals surface area contributed by atoms with Gasteiger partial charge in [-0.25, -0.2) is 9.69 Å². The number of urea groups is 1. The maximum absolute atomic E-state index is 13.4. The topological polar surface area (TPSA) is 84.9 Å². The van der Waals surface area contributed by atoms with Gasteiger partial charge in [-0.1, -0.05) is 49.9 Å². The molecule has 1 heterocycles. The van der Waals surface area contributed by atoms with E-state index < -0.39 is 17.8 Å². The zero-order chi connectivity index (χ0) is 24.1. The van der Waals surface area contributed by atoms with Crippen molar-refractivity contribution < 1.29 is 23.9 Å². The Morgan fingerprint density at radius 3 is 2.47 bits per heavy atom. The number of imide groups is 2. The third-order valence-corrected chi connectivity index (χ3v) is 5.25. The van der Waals surface area contributed by atoms with Gasteiger partial charge in [0.1, 0.15) is 23.7 Å². The molecule has 1 N–H and O–H groups in total. The fraction of sp³-hybridized carbons (Fsp3) is 0.148. The number of nitrogens with one attached hydrogen (secondary N) is 1. The highest BCUT2D eigenvalue weighted by Gasteiger charge is 2.37. The summed E-state index contributed by atoms with van der Waals surface area (Å²) >= 11 is 0. The van der Waals surface area contributed by atoms with E-state index >= 15 is 0 Å². The molecule has 4 amide bonds. The predicted octanol–water partition coefficient (Wildman–Crippen LogP) is 4.86. The van der Waals surface area contributed by atoms with Crippen LogP contribution in [0.5, 0.6) is 11.5 Å². The van der Waals surface area contributed by atoms with Crippen LogP contribution in [0, 0.1) is 0 Å². The van der Waals surface area contributed by atoms with E-state index in [1.165, 1.54) is 6.08 Å². The van der Waals surface area contributed by atoms with Gasteiger partial charge in [0, 0.05) is 5.56 Å². The normalized spacial score (nSPS) is 14.9. The van der Waals surface area contributed by atoms with Crippen LogP contribution in [0.3, 0.4) is 0 Å². The van der Waals surface area contributed by atoms with E-state index in [-0.39, 0.29) is 12.2 Å². The Bertz CT molecular complexity index is 1290. The molecule has 1 saturated heterocycles. The number of hydrogen-bond donors (Lipinski definition) is 1. The highest BCUT2D eigenvalue weighted by atomic mass is 16.5. The van der Waals surface area contributed by atoms with Crippen LogP contribution >= 0.6 is 0 Å². The molecule has 4 rings (SSSR count). The van der Waals surface area contributed by atoms with Crippen LogP contribution in [-0.4, -0.2) is 31.1 Å². The Balaban J connectivity index is 1.76. The molecule has 0 unspecified atom stereocenters. The zero-order valence-electron chi connectivity index (χ0n) is 18.7. The van der Waals surface area contributed by atoms with Gasteiger partial charge in [-0.15, -0.1) is 0 Å². The summed E-state index contributed by atoms with van der Waals surface area (Å²) in [5, 5.41) is 3.98. The summed E-state index contributed by atoms with van der Waals surface area (Å²) < 4.78 is 11.3. The number of fused-ring (bicyclic) bond motifs is 1. The number of barbiturate groups is 1. The van der Waals surface area contributed by atoms with Crippen molar-refractivity contribution in [2.75, 3.05) is 18.1 Å². The molecule has 1 aliphatic rings. The number of nitrogens with zero attached hydrogens (tertiary/aromatic N) is 1. The second-order valence-electron chi connectivity index (χ2n) is 7.60. The van der Waals surface area contributed by atoms with Gasteiger partial charge in [0.05, 0.1) is 12.3 Å². The Hall–Kier alpha value is -4.39. The van der Waals surface area contributed by atoms with Crippen molar-refractivity contribution in [2.45, 2.75) is 13.3 Å². The fourth-order valence-electron chi connectivity index (χ4n) is 3.65. The summed E-state index contributed by atoms with van der Waals surface area (Å²) in [6.45, 7) is 6.49. The molecule has 0 aromatic heterocycles. The molecule has 7 nitrogen and oxygen atoms in total. The summed E-state index contributed by atoms with van der Waals surface area (Å²) in [6, 6.07) is 17.0. The minimum Gasteiger partial charge on any atom is -0.494 e. The highest BCUT2D eigenvalue weighted by molar-refractivity contribution is 6.39. The first kappa shape index (κ1) is 22.8. The van der Waals surface area contributed by atoms with Crippen molar-refractivity contribution in [1.82, 2.24) is 5.32 Å². The Morgan fingerprint density at radius 2 is 1.74 bits per heavy atom.